The minimum absolute atomic E-state index is 0.221. The van der Waals surface area contributed by atoms with E-state index in [2.05, 4.69) is 5.10 Å². The van der Waals surface area contributed by atoms with E-state index in [-0.39, 0.29) is 11.3 Å². The molecule has 0 aliphatic heterocycles. The van der Waals surface area contributed by atoms with E-state index < -0.39 is 29.1 Å². The van der Waals surface area contributed by atoms with E-state index in [9.17, 15) is 22.4 Å². The van der Waals surface area contributed by atoms with Crippen LogP contribution in [0.2, 0.25) is 0 Å². The summed E-state index contributed by atoms with van der Waals surface area (Å²) in [5, 5.41) is 12.6. The van der Waals surface area contributed by atoms with Crippen molar-refractivity contribution in [3.05, 3.63) is 41.3 Å². The lowest BCUT2D eigenvalue weighted by Gasteiger charge is -2.10. The van der Waals surface area contributed by atoms with E-state index in [1.165, 1.54) is 7.05 Å². The van der Waals surface area contributed by atoms with E-state index in [0.717, 1.165) is 10.9 Å². The summed E-state index contributed by atoms with van der Waals surface area (Å²) in [6, 6.07) is 1.81. The number of aryl methyl sites for hydroxylation is 1. The number of hydrogen-bond acceptors (Lipinski definition) is 2. The molecule has 1 N–H and O–H groups in total. The first-order valence-corrected chi connectivity index (χ1v) is 5.34. The zero-order chi connectivity index (χ0) is 15.1. The standard InChI is InChI=1S/C12H8F4N2O2/c1-18-10(8(5-17-18)11(19)20)7-4-6(12(14,15)16)2-3-9(7)13/h2-5H,1H3,(H,19,20). The summed E-state index contributed by atoms with van der Waals surface area (Å²) < 4.78 is 52.7. The first kappa shape index (κ1) is 14.0. The summed E-state index contributed by atoms with van der Waals surface area (Å²) in [4.78, 5) is 11.0. The van der Waals surface area contributed by atoms with Crippen molar-refractivity contribution in [3.63, 3.8) is 0 Å². The molecule has 4 nitrogen and oxygen atoms in total. The molecule has 106 valence electrons. The number of alkyl halides is 3. The van der Waals surface area contributed by atoms with Crippen molar-refractivity contribution in [1.29, 1.82) is 0 Å². The number of hydrogen-bond donors (Lipinski definition) is 1. The van der Waals surface area contributed by atoms with Crippen LogP contribution in [0, 0.1) is 5.82 Å². The first-order valence-electron chi connectivity index (χ1n) is 5.34. The van der Waals surface area contributed by atoms with Gasteiger partial charge in [-0.1, -0.05) is 0 Å². The molecule has 0 unspecified atom stereocenters. The van der Waals surface area contributed by atoms with Gasteiger partial charge in [0.2, 0.25) is 0 Å². The zero-order valence-electron chi connectivity index (χ0n) is 10.1. The van der Waals surface area contributed by atoms with E-state index in [1.54, 1.807) is 0 Å². The molecule has 2 rings (SSSR count). The van der Waals surface area contributed by atoms with E-state index in [1.807, 2.05) is 0 Å². The molecule has 20 heavy (non-hydrogen) atoms. The quantitative estimate of drug-likeness (QED) is 0.864. The molecule has 0 fully saturated rings. The number of rotatable bonds is 2. The molecule has 0 atom stereocenters. The van der Waals surface area contributed by atoms with Crippen molar-refractivity contribution < 1.29 is 27.5 Å². The Labute approximate surface area is 110 Å². The molecule has 0 aliphatic rings. The van der Waals surface area contributed by atoms with Gasteiger partial charge >= 0.3 is 12.1 Å². The van der Waals surface area contributed by atoms with Crippen molar-refractivity contribution in [2.24, 2.45) is 7.05 Å². The van der Waals surface area contributed by atoms with Crippen LogP contribution < -0.4 is 0 Å². The third-order valence-corrected chi connectivity index (χ3v) is 2.72. The van der Waals surface area contributed by atoms with Crippen LogP contribution in [0.4, 0.5) is 17.6 Å². The minimum atomic E-state index is -4.65. The lowest BCUT2D eigenvalue weighted by atomic mass is 10.0. The second-order valence-corrected chi connectivity index (χ2v) is 4.03. The van der Waals surface area contributed by atoms with Gasteiger partial charge in [0.05, 0.1) is 17.5 Å². The van der Waals surface area contributed by atoms with Crippen molar-refractivity contribution in [2.75, 3.05) is 0 Å². The van der Waals surface area contributed by atoms with Gasteiger partial charge in [-0.15, -0.1) is 0 Å². The maximum Gasteiger partial charge on any atom is 0.416 e. The van der Waals surface area contributed by atoms with E-state index in [4.69, 9.17) is 5.11 Å². The van der Waals surface area contributed by atoms with Crippen LogP contribution in [0.5, 0.6) is 0 Å². The highest BCUT2D eigenvalue weighted by atomic mass is 19.4. The Morgan fingerprint density at radius 2 is 2.00 bits per heavy atom. The molecular weight excluding hydrogens is 280 g/mol. The number of aromatic nitrogens is 2. The maximum absolute atomic E-state index is 13.7. The highest BCUT2D eigenvalue weighted by Crippen LogP contribution is 2.34. The minimum Gasteiger partial charge on any atom is -0.478 e. The predicted octanol–water partition coefficient (Wildman–Crippen LogP) is 2.94. The van der Waals surface area contributed by atoms with Crippen LogP contribution in [-0.2, 0) is 13.2 Å². The van der Waals surface area contributed by atoms with Crippen molar-refractivity contribution in [2.45, 2.75) is 6.18 Å². The fraction of sp³-hybridized carbons (Fsp3) is 0.167. The normalized spacial score (nSPS) is 11.7. The Hall–Kier alpha value is -2.38. The highest BCUT2D eigenvalue weighted by Gasteiger charge is 2.32. The summed E-state index contributed by atoms with van der Waals surface area (Å²) in [6.07, 6.45) is -3.69. The second-order valence-electron chi connectivity index (χ2n) is 4.03. The Bertz CT molecular complexity index is 677. The molecule has 0 saturated heterocycles. The van der Waals surface area contributed by atoms with Crippen LogP contribution >= 0.6 is 0 Å². The number of carboxylic acid groups (broad SMARTS) is 1. The van der Waals surface area contributed by atoms with Gasteiger partial charge in [0.25, 0.3) is 0 Å². The SMILES string of the molecule is Cn1ncc(C(=O)O)c1-c1cc(C(F)(F)F)ccc1F. The molecule has 1 aromatic heterocycles. The Kier molecular flexibility index (Phi) is 3.24. The molecule has 0 spiro atoms. The number of carboxylic acids is 1. The smallest absolute Gasteiger partial charge is 0.416 e. The van der Waals surface area contributed by atoms with Gasteiger partial charge in [-0.05, 0) is 18.2 Å². The number of aromatic carboxylic acids is 1. The van der Waals surface area contributed by atoms with Gasteiger partial charge in [-0.25, -0.2) is 9.18 Å². The van der Waals surface area contributed by atoms with Gasteiger partial charge < -0.3 is 5.11 Å². The molecule has 0 saturated carbocycles. The average molecular weight is 288 g/mol. The first-order chi connectivity index (χ1) is 9.21. The Morgan fingerprint density at radius 3 is 2.55 bits per heavy atom. The average Bonchev–Trinajstić information content (AvgIpc) is 2.70. The topological polar surface area (TPSA) is 55.1 Å². The second kappa shape index (κ2) is 4.62. The molecule has 0 aliphatic carbocycles. The molecule has 0 bridgehead atoms. The summed E-state index contributed by atoms with van der Waals surface area (Å²) in [6.45, 7) is 0. The number of carbonyl (C=O) groups is 1. The summed E-state index contributed by atoms with van der Waals surface area (Å²) in [5.74, 6) is -2.35. The third kappa shape index (κ3) is 2.36. The molecule has 0 radical (unpaired) electrons. The molecule has 1 heterocycles. The van der Waals surface area contributed by atoms with Gasteiger partial charge in [0.15, 0.2) is 0 Å². The molecule has 2 aromatic rings. The van der Waals surface area contributed by atoms with E-state index in [0.29, 0.717) is 18.2 Å². The molecule has 0 amide bonds. The fourth-order valence-corrected chi connectivity index (χ4v) is 1.80. The predicted molar refractivity (Wildman–Crippen MR) is 60.6 cm³/mol. The van der Waals surface area contributed by atoms with Crippen molar-refractivity contribution >= 4 is 5.97 Å². The van der Waals surface area contributed by atoms with Gasteiger partial charge in [-0.3, -0.25) is 4.68 Å². The van der Waals surface area contributed by atoms with Crippen LogP contribution in [0.15, 0.2) is 24.4 Å². The van der Waals surface area contributed by atoms with Crippen LogP contribution in [-0.4, -0.2) is 20.9 Å². The van der Waals surface area contributed by atoms with Crippen molar-refractivity contribution in [1.82, 2.24) is 9.78 Å². The summed E-state index contributed by atoms with van der Waals surface area (Å²) in [7, 11) is 1.32. The maximum atomic E-state index is 13.7. The zero-order valence-corrected chi connectivity index (χ0v) is 10.1. The number of nitrogens with zero attached hydrogens (tertiary/aromatic N) is 2. The highest BCUT2D eigenvalue weighted by molar-refractivity contribution is 5.94. The molecule has 1 aromatic carbocycles. The molecular formula is C12H8F4N2O2. The number of benzene rings is 1. The number of halogens is 4. The van der Waals surface area contributed by atoms with Crippen LogP contribution in [0.3, 0.4) is 0 Å². The molecule has 8 heteroatoms. The summed E-state index contributed by atoms with van der Waals surface area (Å²) >= 11 is 0. The van der Waals surface area contributed by atoms with Gasteiger partial charge in [0.1, 0.15) is 11.4 Å². The van der Waals surface area contributed by atoms with Crippen LogP contribution in [0.1, 0.15) is 15.9 Å². The lowest BCUT2D eigenvalue weighted by Crippen LogP contribution is -2.07. The monoisotopic (exact) mass is 288 g/mol. The lowest BCUT2D eigenvalue weighted by molar-refractivity contribution is -0.137. The van der Waals surface area contributed by atoms with Gasteiger partial charge in [-0.2, -0.15) is 18.3 Å². The Morgan fingerprint density at radius 1 is 1.35 bits per heavy atom. The Balaban J connectivity index is 2.70. The van der Waals surface area contributed by atoms with Crippen molar-refractivity contribution in [3.8, 4) is 11.3 Å². The van der Waals surface area contributed by atoms with E-state index >= 15 is 0 Å². The fourth-order valence-electron chi connectivity index (χ4n) is 1.80. The van der Waals surface area contributed by atoms with Gasteiger partial charge in [0, 0.05) is 12.6 Å². The van der Waals surface area contributed by atoms with Crippen LogP contribution in [0.25, 0.3) is 11.3 Å². The largest absolute Gasteiger partial charge is 0.478 e. The summed E-state index contributed by atoms with van der Waals surface area (Å²) in [5.41, 5.74) is -2.12. The third-order valence-electron chi connectivity index (χ3n) is 2.72.